The minimum atomic E-state index is -5.00. The molecule has 12 heteroatoms. The minimum Gasteiger partial charge on any atom is -0.490 e. The van der Waals surface area contributed by atoms with E-state index in [1.807, 2.05) is 0 Å². The fraction of sp³-hybridized carbons (Fsp3) is 0.467. The number of amides is 1. The summed E-state index contributed by atoms with van der Waals surface area (Å²) in [6, 6.07) is 3.45. The molecule has 1 aliphatic rings. The smallest absolute Gasteiger partial charge is 0.406 e. The highest BCUT2D eigenvalue weighted by molar-refractivity contribution is 5.82. The van der Waals surface area contributed by atoms with E-state index in [2.05, 4.69) is 0 Å². The Bertz CT molecular complexity index is 768. The molecule has 1 unspecified atom stereocenters. The number of benzene rings is 1. The van der Waals surface area contributed by atoms with Crippen LogP contribution in [0.15, 0.2) is 18.2 Å². The van der Waals surface area contributed by atoms with Crippen molar-refractivity contribution in [3.05, 3.63) is 28.3 Å². The number of carbonyl (C=O) groups is 2. The van der Waals surface area contributed by atoms with Gasteiger partial charge >= 0.3 is 17.8 Å². The van der Waals surface area contributed by atoms with Crippen molar-refractivity contribution in [1.82, 2.24) is 4.90 Å². The summed E-state index contributed by atoms with van der Waals surface area (Å²) in [6.45, 7) is -2.04. The number of hydrogen-bond acceptors (Lipinski definition) is 6. The van der Waals surface area contributed by atoms with Crippen LogP contribution in [0.4, 0.5) is 18.9 Å². The van der Waals surface area contributed by atoms with E-state index in [1.54, 1.807) is 0 Å². The first-order valence-electron chi connectivity index (χ1n) is 7.55. The number of nitro groups is 1. The second-order valence-electron chi connectivity index (χ2n) is 5.83. The lowest BCUT2D eigenvalue weighted by Crippen LogP contribution is -2.48. The van der Waals surface area contributed by atoms with Crippen molar-refractivity contribution in [3.63, 3.8) is 0 Å². The largest absolute Gasteiger partial charge is 0.490 e. The van der Waals surface area contributed by atoms with Crippen LogP contribution in [0.5, 0.6) is 11.5 Å². The number of methoxy groups -OCH3 is 1. The van der Waals surface area contributed by atoms with Gasteiger partial charge in [-0.15, -0.1) is 0 Å². The monoisotopic (exact) mass is 392 g/mol. The van der Waals surface area contributed by atoms with Crippen LogP contribution < -0.4 is 9.47 Å². The summed E-state index contributed by atoms with van der Waals surface area (Å²) in [5.74, 6) is -2.95. The van der Waals surface area contributed by atoms with Crippen molar-refractivity contribution in [2.45, 2.75) is 12.6 Å². The normalized spacial score (nSPS) is 19.6. The Morgan fingerprint density at radius 2 is 2.07 bits per heavy atom. The molecule has 27 heavy (non-hydrogen) atoms. The second-order valence-corrected chi connectivity index (χ2v) is 5.83. The van der Waals surface area contributed by atoms with Crippen LogP contribution in [-0.4, -0.2) is 59.8 Å². The van der Waals surface area contributed by atoms with Crippen LogP contribution in [-0.2, 0) is 9.59 Å². The Balaban J connectivity index is 2.05. The number of ether oxygens (including phenoxy) is 2. The van der Waals surface area contributed by atoms with Gasteiger partial charge in [-0.25, -0.2) is 0 Å². The summed E-state index contributed by atoms with van der Waals surface area (Å²) < 4.78 is 49.4. The molecule has 0 aromatic heterocycles. The van der Waals surface area contributed by atoms with Crippen LogP contribution >= 0.6 is 0 Å². The first-order chi connectivity index (χ1) is 12.5. The quantitative estimate of drug-likeness (QED) is 0.580. The van der Waals surface area contributed by atoms with Gasteiger partial charge in [-0.2, -0.15) is 13.2 Å². The first kappa shape index (κ1) is 20.3. The fourth-order valence-corrected chi connectivity index (χ4v) is 2.68. The molecule has 1 aromatic rings. The molecule has 1 atom stereocenters. The van der Waals surface area contributed by atoms with Crippen molar-refractivity contribution >= 4 is 17.6 Å². The molecule has 0 radical (unpaired) electrons. The molecule has 148 valence electrons. The number of carbonyl (C=O) groups excluding carboxylic acids is 1. The van der Waals surface area contributed by atoms with Gasteiger partial charge in [-0.1, -0.05) is 0 Å². The van der Waals surface area contributed by atoms with Crippen molar-refractivity contribution in [2.24, 2.45) is 5.41 Å². The van der Waals surface area contributed by atoms with E-state index in [1.165, 1.54) is 13.2 Å². The average Bonchev–Trinajstić information content (AvgIpc) is 3.06. The summed E-state index contributed by atoms with van der Waals surface area (Å²) in [4.78, 5) is 34.1. The highest BCUT2D eigenvalue weighted by Crippen LogP contribution is 2.45. The third-order valence-corrected chi connectivity index (χ3v) is 4.28. The zero-order valence-corrected chi connectivity index (χ0v) is 14.0. The maximum atomic E-state index is 13.1. The minimum absolute atomic E-state index is 0.0327. The second kappa shape index (κ2) is 7.29. The van der Waals surface area contributed by atoms with Gasteiger partial charge in [0.2, 0.25) is 5.75 Å². The molecular weight excluding hydrogens is 377 g/mol. The Morgan fingerprint density at radius 3 is 2.56 bits per heavy atom. The zero-order chi connectivity index (χ0) is 20.4. The van der Waals surface area contributed by atoms with E-state index in [0.717, 1.165) is 17.0 Å². The van der Waals surface area contributed by atoms with Crippen molar-refractivity contribution in [3.8, 4) is 11.5 Å². The molecule has 1 aromatic carbocycles. The van der Waals surface area contributed by atoms with Gasteiger partial charge in [0.1, 0.15) is 5.75 Å². The fourth-order valence-electron chi connectivity index (χ4n) is 2.68. The van der Waals surface area contributed by atoms with E-state index in [9.17, 15) is 32.9 Å². The molecule has 0 saturated carbocycles. The number of nitro benzene ring substituents is 1. The van der Waals surface area contributed by atoms with Crippen LogP contribution in [0.2, 0.25) is 0 Å². The number of halogens is 3. The summed E-state index contributed by atoms with van der Waals surface area (Å²) in [7, 11) is 1.20. The average molecular weight is 392 g/mol. The molecule has 1 fully saturated rings. The molecule has 2 rings (SSSR count). The van der Waals surface area contributed by atoms with Gasteiger partial charge in [0.25, 0.3) is 5.91 Å². The molecule has 1 saturated heterocycles. The lowest BCUT2D eigenvalue weighted by atomic mass is 9.86. The SMILES string of the molecule is COc1cc(OCC(=O)N2CCC(C(=O)O)(C(F)(F)F)C2)ccc1[N+](=O)[O-]. The summed E-state index contributed by atoms with van der Waals surface area (Å²) >= 11 is 0. The maximum Gasteiger partial charge on any atom is 0.406 e. The van der Waals surface area contributed by atoms with Gasteiger partial charge in [0.15, 0.2) is 12.0 Å². The number of alkyl halides is 3. The summed E-state index contributed by atoms with van der Waals surface area (Å²) in [6.07, 6.45) is -5.75. The van der Waals surface area contributed by atoms with E-state index in [0.29, 0.717) is 0 Å². The molecule has 9 nitrogen and oxygen atoms in total. The number of hydrogen-bond donors (Lipinski definition) is 1. The van der Waals surface area contributed by atoms with Gasteiger partial charge in [-0.05, 0) is 12.5 Å². The standard InChI is InChI=1S/C15H15F3N2O7/c1-26-11-6-9(2-3-10(11)20(24)25)27-7-12(21)19-5-4-14(8-19,13(22)23)15(16,17)18/h2-3,6H,4-5,7-8H2,1H3,(H,22,23). The van der Waals surface area contributed by atoms with Crippen LogP contribution in [0.3, 0.4) is 0 Å². The van der Waals surface area contributed by atoms with Gasteiger partial charge in [0, 0.05) is 25.2 Å². The van der Waals surface area contributed by atoms with Crippen LogP contribution in [0.1, 0.15) is 6.42 Å². The van der Waals surface area contributed by atoms with Crippen LogP contribution in [0, 0.1) is 15.5 Å². The summed E-state index contributed by atoms with van der Waals surface area (Å²) in [5.41, 5.74) is -3.33. The Labute approximate surface area is 150 Å². The van der Waals surface area contributed by atoms with Crippen molar-refractivity contribution < 1.29 is 42.3 Å². The molecule has 1 aliphatic heterocycles. The maximum absolute atomic E-state index is 13.1. The van der Waals surface area contributed by atoms with Gasteiger partial charge in [0.05, 0.1) is 12.0 Å². The number of carboxylic acids is 1. The Hall–Kier alpha value is -3.05. The van der Waals surface area contributed by atoms with Crippen molar-refractivity contribution in [1.29, 1.82) is 0 Å². The number of nitrogens with zero attached hydrogens (tertiary/aromatic N) is 2. The zero-order valence-electron chi connectivity index (χ0n) is 14.0. The highest BCUT2D eigenvalue weighted by Gasteiger charge is 2.64. The predicted molar refractivity (Wildman–Crippen MR) is 82.5 cm³/mol. The highest BCUT2D eigenvalue weighted by atomic mass is 19.4. The molecule has 0 aliphatic carbocycles. The van der Waals surface area contributed by atoms with E-state index >= 15 is 0 Å². The van der Waals surface area contributed by atoms with E-state index < -0.39 is 48.0 Å². The lowest BCUT2D eigenvalue weighted by Gasteiger charge is -2.27. The van der Waals surface area contributed by atoms with E-state index in [-0.39, 0.29) is 23.7 Å². The molecule has 1 amide bonds. The van der Waals surface area contributed by atoms with Gasteiger partial charge < -0.3 is 19.5 Å². The third kappa shape index (κ3) is 3.88. The van der Waals surface area contributed by atoms with Gasteiger partial charge in [-0.3, -0.25) is 19.7 Å². The first-order valence-corrected chi connectivity index (χ1v) is 7.55. The topological polar surface area (TPSA) is 119 Å². The molecule has 0 spiro atoms. The van der Waals surface area contributed by atoms with E-state index in [4.69, 9.17) is 14.6 Å². The number of carboxylic acid groups (broad SMARTS) is 1. The lowest BCUT2D eigenvalue weighted by molar-refractivity contribution is -0.385. The third-order valence-electron chi connectivity index (χ3n) is 4.28. The molecular formula is C15H15F3N2O7. The molecule has 1 heterocycles. The Morgan fingerprint density at radius 1 is 1.41 bits per heavy atom. The summed E-state index contributed by atoms with van der Waals surface area (Å²) in [5, 5.41) is 19.8. The number of likely N-dealkylation sites (tertiary alicyclic amines) is 1. The Kier molecular flexibility index (Phi) is 5.47. The predicted octanol–water partition coefficient (Wildman–Crippen LogP) is 1.85. The number of aliphatic carboxylic acids is 1. The molecule has 0 bridgehead atoms. The number of rotatable bonds is 6. The van der Waals surface area contributed by atoms with Crippen molar-refractivity contribution in [2.75, 3.05) is 26.8 Å². The molecule has 1 N–H and O–H groups in total. The van der Waals surface area contributed by atoms with Crippen LogP contribution in [0.25, 0.3) is 0 Å².